The SMILES string of the molecule is CN1C(=O)CCc2cc(-c3ccncc3C#N)ccc21. The average Bonchev–Trinajstić information content (AvgIpc) is 2.50. The highest BCUT2D eigenvalue weighted by molar-refractivity contribution is 5.96. The number of fused-ring (bicyclic) bond motifs is 1. The summed E-state index contributed by atoms with van der Waals surface area (Å²) in [4.78, 5) is 17.4. The van der Waals surface area contributed by atoms with Crippen molar-refractivity contribution in [1.82, 2.24) is 4.98 Å². The fraction of sp³-hybridized carbons (Fsp3) is 0.188. The number of nitriles is 1. The summed E-state index contributed by atoms with van der Waals surface area (Å²) < 4.78 is 0. The van der Waals surface area contributed by atoms with E-state index in [9.17, 15) is 4.79 Å². The summed E-state index contributed by atoms with van der Waals surface area (Å²) in [6.45, 7) is 0. The van der Waals surface area contributed by atoms with Crippen LogP contribution in [0.3, 0.4) is 0 Å². The quantitative estimate of drug-likeness (QED) is 0.794. The minimum atomic E-state index is 0.145. The number of anilines is 1. The lowest BCUT2D eigenvalue weighted by molar-refractivity contribution is -0.118. The minimum Gasteiger partial charge on any atom is -0.315 e. The molecule has 0 saturated carbocycles. The molecule has 0 aliphatic carbocycles. The van der Waals surface area contributed by atoms with E-state index in [1.54, 1.807) is 24.3 Å². The zero-order chi connectivity index (χ0) is 14.1. The lowest BCUT2D eigenvalue weighted by Gasteiger charge is -2.26. The maximum atomic E-state index is 11.7. The maximum absolute atomic E-state index is 11.7. The van der Waals surface area contributed by atoms with E-state index >= 15 is 0 Å². The molecule has 0 unspecified atom stereocenters. The third-order valence-electron chi connectivity index (χ3n) is 3.68. The van der Waals surface area contributed by atoms with E-state index in [4.69, 9.17) is 5.26 Å². The third kappa shape index (κ3) is 1.94. The summed E-state index contributed by atoms with van der Waals surface area (Å²) in [5.41, 5.74) is 4.53. The van der Waals surface area contributed by atoms with E-state index in [1.165, 1.54) is 0 Å². The van der Waals surface area contributed by atoms with Crippen molar-refractivity contribution >= 4 is 11.6 Å². The van der Waals surface area contributed by atoms with Crippen molar-refractivity contribution in [2.24, 2.45) is 0 Å². The van der Waals surface area contributed by atoms with Crippen molar-refractivity contribution in [2.45, 2.75) is 12.8 Å². The predicted octanol–water partition coefficient (Wildman–Crippen LogP) is 2.53. The largest absolute Gasteiger partial charge is 0.315 e. The maximum Gasteiger partial charge on any atom is 0.227 e. The Morgan fingerprint density at radius 1 is 1.30 bits per heavy atom. The molecule has 0 fully saturated rings. The fourth-order valence-electron chi connectivity index (χ4n) is 2.56. The van der Waals surface area contributed by atoms with Crippen molar-refractivity contribution in [3.8, 4) is 17.2 Å². The van der Waals surface area contributed by atoms with Crippen LogP contribution in [0, 0.1) is 11.3 Å². The number of nitrogens with zero attached hydrogens (tertiary/aromatic N) is 3. The Bertz CT molecular complexity index is 731. The predicted molar refractivity (Wildman–Crippen MR) is 76.1 cm³/mol. The van der Waals surface area contributed by atoms with E-state index in [-0.39, 0.29) is 5.91 Å². The zero-order valence-electron chi connectivity index (χ0n) is 11.1. The van der Waals surface area contributed by atoms with E-state index < -0.39 is 0 Å². The summed E-state index contributed by atoms with van der Waals surface area (Å²) in [6, 6.07) is 9.97. The van der Waals surface area contributed by atoms with E-state index in [2.05, 4.69) is 17.1 Å². The van der Waals surface area contributed by atoms with Crippen molar-refractivity contribution in [3.05, 3.63) is 47.8 Å². The molecule has 1 amide bonds. The Labute approximate surface area is 117 Å². The number of pyridine rings is 1. The molecule has 0 spiro atoms. The Morgan fingerprint density at radius 3 is 2.95 bits per heavy atom. The molecular formula is C16H13N3O. The second-order valence-electron chi connectivity index (χ2n) is 4.83. The Morgan fingerprint density at radius 2 is 2.15 bits per heavy atom. The summed E-state index contributed by atoms with van der Waals surface area (Å²) in [7, 11) is 1.80. The summed E-state index contributed by atoms with van der Waals surface area (Å²) in [6.07, 6.45) is 4.55. The Kier molecular flexibility index (Phi) is 2.96. The molecule has 2 heterocycles. The van der Waals surface area contributed by atoms with Gasteiger partial charge in [0, 0.05) is 37.1 Å². The van der Waals surface area contributed by atoms with Gasteiger partial charge in [-0.25, -0.2) is 0 Å². The smallest absolute Gasteiger partial charge is 0.227 e. The molecule has 0 radical (unpaired) electrons. The minimum absolute atomic E-state index is 0.145. The van der Waals surface area contributed by atoms with Crippen LogP contribution in [0.2, 0.25) is 0 Å². The van der Waals surface area contributed by atoms with Crippen LogP contribution < -0.4 is 4.90 Å². The monoisotopic (exact) mass is 263 g/mol. The van der Waals surface area contributed by atoms with E-state index in [1.807, 2.05) is 18.2 Å². The number of hydrogen-bond acceptors (Lipinski definition) is 3. The molecule has 1 aliphatic rings. The second kappa shape index (κ2) is 4.78. The standard InChI is InChI=1S/C16H13N3O/c1-19-15-4-2-11(8-12(15)3-5-16(19)20)14-6-7-18-10-13(14)9-17/h2,4,6-8,10H,3,5H2,1H3. The number of amides is 1. The molecule has 0 bridgehead atoms. The molecule has 0 atom stereocenters. The first-order valence-electron chi connectivity index (χ1n) is 6.44. The second-order valence-corrected chi connectivity index (χ2v) is 4.83. The van der Waals surface area contributed by atoms with Crippen LogP contribution in [0.1, 0.15) is 17.5 Å². The lowest BCUT2D eigenvalue weighted by Crippen LogP contribution is -2.30. The molecule has 2 aromatic rings. The molecule has 1 aliphatic heterocycles. The van der Waals surface area contributed by atoms with E-state index in [0.717, 1.165) is 28.8 Å². The highest BCUT2D eigenvalue weighted by atomic mass is 16.2. The van der Waals surface area contributed by atoms with Gasteiger partial charge in [-0.3, -0.25) is 9.78 Å². The molecule has 4 nitrogen and oxygen atoms in total. The van der Waals surface area contributed by atoms with Gasteiger partial charge in [-0.2, -0.15) is 5.26 Å². The zero-order valence-corrected chi connectivity index (χ0v) is 11.1. The number of rotatable bonds is 1. The van der Waals surface area contributed by atoms with E-state index in [0.29, 0.717) is 12.0 Å². The van der Waals surface area contributed by atoms with Gasteiger partial charge in [0.1, 0.15) is 6.07 Å². The van der Waals surface area contributed by atoms with Crippen LogP contribution in [-0.4, -0.2) is 17.9 Å². The van der Waals surface area contributed by atoms with Crippen LogP contribution in [0.5, 0.6) is 0 Å². The van der Waals surface area contributed by atoms with Gasteiger partial charge >= 0.3 is 0 Å². The summed E-state index contributed by atoms with van der Waals surface area (Å²) in [5.74, 6) is 0.145. The number of hydrogen-bond donors (Lipinski definition) is 0. The van der Waals surface area contributed by atoms with Crippen LogP contribution in [-0.2, 0) is 11.2 Å². The first-order chi connectivity index (χ1) is 9.70. The van der Waals surface area contributed by atoms with Crippen LogP contribution >= 0.6 is 0 Å². The molecule has 1 aromatic heterocycles. The number of benzene rings is 1. The highest BCUT2D eigenvalue weighted by Crippen LogP contribution is 2.32. The van der Waals surface area contributed by atoms with Crippen LogP contribution in [0.25, 0.3) is 11.1 Å². The van der Waals surface area contributed by atoms with Gasteiger partial charge in [-0.1, -0.05) is 6.07 Å². The van der Waals surface area contributed by atoms with Gasteiger partial charge in [-0.15, -0.1) is 0 Å². The van der Waals surface area contributed by atoms with Gasteiger partial charge in [-0.05, 0) is 35.7 Å². The fourth-order valence-corrected chi connectivity index (χ4v) is 2.56. The average molecular weight is 263 g/mol. The lowest BCUT2D eigenvalue weighted by atomic mass is 9.95. The molecule has 20 heavy (non-hydrogen) atoms. The highest BCUT2D eigenvalue weighted by Gasteiger charge is 2.21. The van der Waals surface area contributed by atoms with Crippen LogP contribution in [0.4, 0.5) is 5.69 Å². The number of aromatic nitrogens is 1. The number of carbonyl (C=O) groups is 1. The first kappa shape index (κ1) is 12.4. The topological polar surface area (TPSA) is 57.0 Å². The number of aryl methyl sites for hydroxylation is 1. The van der Waals surface area contributed by atoms with Gasteiger partial charge in [0.2, 0.25) is 5.91 Å². The van der Waals surface area contributed by atoms with Gasteiger partial charge in [0.05, 0.1) is 5.56 Å². The molecule has 98 valence electrons. The first-order valence-corrected chi connectivity index (χ1v) is 6.44. The normalized spacial score (nSPS) is 13.8. The molecular weight excluding hydrogens is 250 g/mol. The molecule has 0 N–H and O–H groups in total. The summed E-state index contributed by atoms with van der Waals surface area (Å²) in [5, 5.41) is 9.15. The molecule has 4 heteroatoms. The molecule has 1 aromatic carbocycles. The Balaban J connectivity index is 2.10. The van der Waals surface area contributed by atoms with Gasteiger partial charge in [0.25, 0.3) is 0 Å². The van der Waals surface area contributed by atoms with Gasteiger partial charge in [0.15, 0.2) is 0 Å². The van der Waals surface area contributed by atoms with Crippen molar-refractivity contribution in [1.29, 1.82) is 5.26 Å². The Hall–Kier alpha value is -2.67. The summed E-state index contributed by atoms with van der Waals surface area (Å²) >= 11 is 0. The van der Waals surface area contributed by atoms with Crippen molar-refractivity contribution in [2.75, 3.05) is 11.9 Å². The van der Waals surface area contributed by atoms with Gasteiger partial charge < -0.3 is 4.90 Å². The van der Waals surface area contributed by atoms with Crippen molar-refractivity contribution < 1.29 is 4.79 Å². The number of carbonyl (C=O) groups excluding carboxylic acids is 1. The third-order valence-corrected chi connectivity index (χ3v) is 3.68. The van der Waals surface area contributed by atoms with Crippen molar-refractivity contribution in [3.63, 3.8) is 0 Å². The molecule has 3 rings (SSSR count). The molecule has 0 saturated heterocycles. The van der Waals surface area contributed by atoms with Crippen LogP contribution in [0.15, 0.2) is 36.7 Å².